The Morgan fingerprint density at radius 3 is 1.14 bits per heavy atom. The molecule has 0 amide bonds. The molecule has 288 valence electrons. The van der Waals surface area contributed by atoms with E-state index in [0.717, 1.165) is 72.0 Å². The van der Waals surface area contributed by atoms with E-state index in [9.17, 15) is 0 Å². The summed E-state index contributed by atoms with van der Waals surface area (Å²) < 4.78 is 47.0. The maximum Gasteiger partial charge on any atom is 0.494 e. The highest BCUT2D eigenvalue weighted by atomic mass is 16.6. The zero-order chi connectivity index (χ0) is 39.1. The summed E-state index contributed by atoms with van der Waals surface area (Å²) in [6.45, 7) is 4.46. The third-order valence-electron chi connectivity index (χ3n) is 11.5. The Labute approximate surface area is 340 Å². The van der Waals surface area contributed by atoms with Crippen LogP contribution in [0.4, 0.5) is 0 Å². The van der Waals surface area contributed by atoms with Crippen LogP contribution in [0.5, 0.6) is 0 Å². The second-order valence-electron chi connectivity index (χ2n) is 15.1. The van der Waals surface area contributed by atoms with Crippen LogP contribution in [0.3, 0.4) is 0 Å². The van der Waals surface area contributed by atoms with Crippen molar-refractivity contribution >= 4 is 72.6 Å². The van der Waals surface area contributed by atoms with Crippen LogP contribution in [0.15, 0.2) is 127 Å². The van der Waals surface area contributed by atoms with Crippen LogP contribution in [-0.2, 0) is 37.2 Å². The average Bonchev–Trinajstić information content (AvgIpc) is 4.13. The lowest BCUT2D eigenvalue weighted by molar-refractivity contribution is 0.365. The summed E-state index contributed by atoms with van der Waals surface area (Å²) in [4.78, 5) is 0. The highest BCUT2D eigenvalue weighted by Gasteiger charge is 2.47. The maximum atomic E-state index is 7.81. The molecular formula is C44H42B4N2O8. The van der Waals surface area contributed by atoms with Gasteiger partial charge in [0.2, 0.25) is 0 Å². The predicted molar refractivity (Wildman–Crippen MR) is 229 cm³/mol. The summed E-state index contributed by atoms with van der Waals surface area (Å²) >= 11 is 0. The molecule has 58 heavy (non-hydrogen) atoms. The van der Waals surface area contributed by atoms with Crippen LogP contribution in [0.1, 0.15) is 33.7 Å². The molecule has 0 saturated carbocycles. The fraction of sp³-hybridized carbons (Fsp3) is 0.227. The van der Waals surface area contributed by atoms with Crippen molar-refractivity contribution in [3.05, 3.63) is 155 Å². The van der Waals surface area contributed by atoms with Crippen molar-refractivity contribution in [3.63, 3.8) is 0 Å². The largest absolute Gasteiger partial charge is 0.494 e. The Morgan fingerprint density at radius 1 is 0.379 bits per heavy atom. The first kappa shape index (κ1) is 37.7. The highest BCUT2D eigenvalue weighted by molar-refractivity contribution is 6.63. The van der Waals surface area contributed by atoms with Gasteiger partial charge in [0.05, 0.1) is 52.9 Å². The molecule has 4 aliphatic heterocycles. The Kier molecular flexibility index (Phi) is 10.6. The molecule has 5 aromatic carbocycles. The van der Waals surface area contributed by atoms with Gasteiger partial charge in [0.15, 0.2) is 0 Å². The van der Waals surface area contributed by atoms with E-state index < -0.39 is 40.1 Å². The van der Waals surface area contributed by atoms with Crippen molar-refractivity contribution in [2.45, 2.75) is 11.6 Å². The number of allylic oxidation sites excluding steroid dienone is 2. The summed E-state index contributed by atoms with van der Waals surface area (Å²) in [5, 5.41) is 0. The van der Waals surface area contributed by atoms with E-state index >= 15 is 0 Å². The minimum atomic E-state index is -1.45. The molecule has 10 rings (SSSR count). The smallest absolute Gasteiger partial charge is 0.405 e. The Balaban J connectivity index is 1.23. The molecule has 0 bridgehead atoms. The molecule has 1 aliphatic carbocycles. The van der Waals surface area contributed by atoms with Crippen molar-refractivity contribution < 1.29 is 37.2 Å². The molecule has 0 spiro atoms. The van der Waals surface area contributed by atoms with E-state index in [1.54, 1.807) is 0 Å². The van der Waals surface area contributed by atoms with Crippen molar-refractivity contribution in [2.24, 2.45) is 11.5 Å². The predicted octanol–water partition coefficient (Wildman–Crippen LogP) is 2.59. The SMILES string of the molecule is NC1(N)C(c2ccc(B3OCCO3)cc2)=C(c2ccc(B3OCCO3)cc2)C(c2ccccc2)=C(c2ccc(B3OCCO3)cc2)C1c1ccc(B2OCCO2)cc1. The third-order valence-corrected chi connectivity index (χ3v) is 11.5. The molecule has 1 atom stereocenters. The second kappa shape index (κ2) is 16.2. The van der Waals surface area contributed by atoms with Gasteiger partial charge in [-0.15, -0.1) is 0 Å². The van der Waals surface area contributed by atoms with Crippen LogP contribution < -0.4 is 33.3 Å². The lowest BCUT2D eigenvalue weighted by atomic mass is 9.63. The fourth-order valence-corrected chi connectivity index (χ4v) is 8.83. The highest BCUT2D eigenvalue weighted by Crippen LogP contribution is 2.56. The van der Waals surface area contributed by atoms with E-state index in [2.05, 4.69) is 109 Å². The van der Waals surface area contributed by atoms with Gasteiger partial charge in [-0.2, -0.15) is 0 Å². The van der Waals surface area contributed by atoms with E-state index in [-0.39, 0.29) is 0 Å². The van der Waals surface area contributed by atoms with Crippen LogP contribution in [0.2, 0.25) is 0 Å². The molecule has 5 aliphatic rings. The second-order valence-corrected chi connectivity index (χ2v) is 15.1. The van der Waals surface area contributed by atoms with Crippen molar-refractivity contribution in [1.29, 1.82) is 0 Å². The molecule has 1 unspecified atom stereocenters. The Bertz CT molecular complexity index is 2290. The summed E-state index contributed by atoms with van der Waals surface area (Å²) in [5.74, 6) is -0.522. The minimum absolute atomic E-state index is 0.411. The van der Waals surface area contributed by atoms with Gasteiger partial charge in [0, 0.05) is 11.5 Å². The molecular weight excluding hydrogens is 728 g/mol. The Hall–Kier alpha value is -4.56. The zero-order valence-corrected chi connectivity index (χ0v) is 32.1. The standard InChI is InChI=1S/C44H42B4N2O8/c49-44(50)42(33-10-18-37(19-11-33)47-55-26-27-56-47)40(31-6-14-35(15-7-31)45-51-22-23-52-45)39(30-4-2-1-3-5-30)41(32-8-16-36(17-9-32)46-53-24-25-54-46)43(44)34-12-20-38(21-13-34)48-57-28-29-58-48/h1-21,42H,22-29,49-50H2. The summed E-state index contributed by atoms with van der Waals surface area (Å²) in [5.41, 5.74) is 26.5. The van der Waals surface area contributed by atoms with Crippen molar-refractivity contribution in [3.8, 4) is 0 Å². The summed E-state index contributed by atoms with van der Waals surface area (Å²) in [6.07, 6.45) is 0. The van der Waals surface area contributed by atoms with Crippen molar-refractivity contribution in [2.75, 3.05) is 52.9 Å². The van der Waals surface area contributed by atoms with Gasteiger partial charge in [-0.25, -0.2) is 0 Å². The maximum absolute atomic E-state index is 7.81. The normalized spacial score (nSPS) is 20.9. The van der Waals surface area contributed by atoms with Gasteiger partial charge in [-0.05, 0) is 66.4 Å². The fourth-order valence-electron chi connectivity index (χ4n) is 8.83. The van der Waals surface area contributed by atoms with Gasteiger partial charge in [-0.3, -0.25) is 0 Å². The van der Waals surface area contributed by atoms with Gasteiger partial charge in [0.1, 0.15) is 5.66 Å². The first-order valence-electron chi connectivity index (χ1n) is 20.0. The van der Waals surface area contributed by atoms with Crippen molar-refractivity contribution in [1.82, 2.24) is 0 Å². The lowest BCUT2D eigenvalue weighted by Crippen LogP contribution is -2.57. The Morgan fingerprint density at radius 2 is 0.724 bits per heavy atom. The van der Waals surface area contributed by atoms with E-state index in [4.69, 9.17) is 48.7 Å². The van der Waals surface area contributed by atoms with Gasteiger partial charge in [-0.1, -0.05) is 127 Å². The molecule has 4 saturated heterocycles. The topological polar surface area (TPSA) is 126 Å². The van der Waals surface area contributed by atoms with E-state index in [1.807, 2.05) is 18.2 Å². The molecule has 0 radical (unpaired) electrons. The molecule has 4 N–H and O–H groups in total. The average molecular weight is 770 g/mol. The molecule has 10 nitrogen and oxygen atoms in total. The molecule has 5 aromatic rings. The number of benzene rings is 5. The van der Waals surface area contributed by atoms with Gasteiger partial charge in [0.25, 0.3) is 0 Å². The minimum Gasteiger partial charge on any atom is -0.405 e. The van der Waals surface area contributed by atoms with Crippen LogP contribution in [0.25, 0.3) is 22.3 Å². The summed E-state index contributed by atoms with van der Waals surface area (Å²) in [7, 11) is -1.66. The lowest BCUT2D eigenvalue weighted by Gasteiger charge is -2.45. The number of nitrogens with two attached hydrogens (primary N) is 2. The quantitative estimate of drug-likeness (QED) is 0.171. The first-order valence-corrected chi connectivity index (χ1v) is 20.0. The first-order chi connectivity index (χ1) is 28.5. The van der Waals surface area contributed by atoms with Crippen LogP contribution >= 0.6 is 0 Å². The van der Waals surface area contributed by atoms with Gasteiger partial charge < -0.3 is 48.7 Å². The van der Waals surface area contributed by atoms with E-state index in [1.165, 1.54) is 0 Å². The monoisotopic (exact) mass is 770 g/mol. The zero-order valence-electron chi connectivity index (χ0n) is 32.1. The number of hydrogen-bond acceptors (Lipinski definition) is 10. The van der Waals surface area contributed by atoms with Gasteiger partial charge >= 0.3 is 28.5 Å². The van der Waals surface area contributed by atoms with Crippen LogP contribution in [-0.4, -0.2) is 87.0 Å². The van der Waals surface area contributed by atoms with E-state index in [0.29, 0.717) is 52.9 Å². The summed E-state index contributed by atoms with van der Waals surface area (Å²) in [6, 6.07) is 43.9. The number of rotatable bonds is 9. The molecule has 14 heteroatoms. The third kappa shape index (κ3) is 7.13. The molecule has 4 fully saturated rings. The molecule has 4 heterocycles. The molecule has 0 aromatic heterocycles. The van der Waals surface area contributed by atoms with Crippen LogP contribution in [0, 0.1) is 0 Å². The number of hydrogen-bond donors (Lipinski definition) is 2.